The van der Waals surface area contributed by atoms with Gasteiger partial charge in [0.2, 0.25) is 0 Å². The van der Waals surface area contributed by atoms with Crippen molar-refractivity contribution in [3.8, 4) is 11.8 Å². The maximum absolute atomic E-state index is 5.41. The molecule has 0 saturated heterocycles. The van der Waals surface area contributed by atoms with E-state index < -0.39 is 0 Å². The van der Waals surface area contributed by atoms with Crippen molar-refractivity contribution in [1.82, 2.24) is 10.2 Å². The minimum atomic E-state index is 0.403. The van der Waals surface area contributed by atoms with Gasteiger partial charge in [-0.05, 0) is 30.2 Å². The zero-order chi connectivity index (χ0) is 10.5. The average Bonchev–Trinajstić information content (AvgIpc) is 2.30. The van der Waals surface area contributed by atoms with Crippen molar-refractivity contribution in [2.24, 2.45) is 0 Å². The molecule has 0 spiro atoms. The molecule has 0 atom stereocenters. The summed E-state index contributed by atoms with van der Waals surface area (Å²) >= 11 is 0. The number of nitrogens with zero attached hydrogens (tertiary/aromatic N) is 2. The highest BCUT2D eigenvalue weighted by molar-refractivity contribution is 5.40. The lowest BCUT2D eigenvalue weighted by atomic mass is 10.2. The summed E-state index contributed by atoms with van der Waals surface area (Å²) in [7, 11) is 0. The van der Waals surface area contributed by atoms with Gasteiger partial charge in [-0.2, -0.15) is 0 Å². The van der Waals surface area contributed by atoms with E-state index in [1.54, 1.807) is 12.1 Å². The Kier molecular flexibility index (Phi) is 2.61. The van der Waals surface area contributed by atoms with Crippen LogP contribution in [0.4, 0.5) is 5.82 Å². The molecule has 0 aliphatic carbocycles. The van der Waals surface area contributed by atoms with Gasteiger partial charge in [0, 0.05) is 5.56 Å². The molecule has 0 aliphatic heterocycles. The van der Waals surface area contributed by atoms with E-state index in [-0.39, 0.29) is 0 Å². The Hall–Kier alpha value is -2.34. The van der Waals surface area contributed by atoms with E-state index in [0.29, 0.717) is 11.5 Å². The largest absolute Gasteiger partial charge is 0.382 e. The third-order valence-electron chi connectivity index (χ3n) is 1.79. The maximum Gasteiger partial charge on any atom is 0.146 e. The van der Waals surface area contributed by atoms with Gasteiger partial charge < -0.3 is 5.73 Å². The van der Waals surface area contributed by atoms with Crippen LogP contribution >= 0.6 is 0 Å². The second kappa shape index (κ2) is 4.25. The van der Waals surface area contributed by atoms with Crippen LogP contribution < -0.4 is 5.73 Å². The van der Waals surface area contributed by atoms with Gasteiger partial charge in [-0.1, -0.05) is 24.1 Å². The monoisotopic (exact) mass is 195 g/mol. The van der Waals surface area contributed by atoms with Gasteiger partial charge in [0.25, 0.3) is 0 Å². The molecule has 2 rings (SSSR count). The zero-order valence-corrected chi connectivity index (χ0v) is 8.01. The molecule has 0 fully saturated rings. The van der Waals surface area contributed by atoms with E-state index in [1.165, 1.54) is 0 Å². The second-order valence-electron chi connectivity index (χ2n) is 2.96. The highest BCUT2D eigenvalue weighted by atomic mass is 15.1. The van der Waals surface area contributed by atoms with Crippen LogP contribution in [0.15, 0.2) is 42.5 Å². The van der Waals surface area contributed by atoms with Crippen LogP contribution in [0.5, 0.6) is 0 Å². The standard InChI is InChI=1S/C12H9N3/c13-12-9-8-11(14-15-12)7-6-10-4-2-1-3-5-10/h1-5,8-9H,(H2,13,15). The minimum absolute atomic E-state index is 0.403. The Labute approximate surface area is 88.0 Å². The summed E-state index contributed by atoms with van der Waals surface area (Å²) in [6.07, 6.45) is 0. The number of hydrogen-bond donors (Lipinski definition) is 1. The Bertz CT molecular complexity index is 492. The fraction of sp³-hybridized carbons (Fsp3) is 0. The number of rotatable bonds is 0. The molecular weight excluding hydrogens is 186 g/mol. The lowest BCUT2D eigenvalue weighted by Gasteiger charge is -1.89. The summed E-state index contributed by atoms with van der Waals surface area (Å²) < 4.78 is 0. The van der Waals surface area contributed by atoms with Gasteiger partial charge in [0.1, 0.15) is 11.5 Å². The molecule has 0 aliphatic rings. The molecule has 72 valence electrons. The molecule has 3 nitrogen and oxygen atoms in total. The van der Waals surface area contributed by atoms with Crippen LogP contribution in [-0.4, -0.2) is 10.2 Å². The lowest BCUT2D eigenvalue weighted by molar-refractivity contribution is 1.02. The third-order valence-corrected chi connectivity index (χ3v) is 1.79. The Balaban J connectivity index is 2.22. The molecule has 0 bridgehead atoms. The van der Waals surface area contributed by atoms with Gasteiger partial charge in [0.15, 0.2) is 0 Å². The van der Waals surface area contributed by atoms with Crippen molar-refractivity contribution >= 4 is 5.82 Å². The normalized spacial score (nSPS) is 9.07. The smallest absolute Gasteiger partial charge is 0.146 e. The zero-order valence-electron chi connectivity index (χ0n) is 8.01. The topological polar surface area (TPSA) is 51.8 Å². The maximum atomic E-state index is 5.41. The number of anilines is 1. The van der Waals surface area contributed by atoms with Crippen LogP contribution in [0.3, 0.4) is 0 Å². The fourth-order valence-electron chi connectivity index (χ4n) is 1.07. The van der Waals surface area contributed by atoms with Crippen LogP contribution in [0.25, 0.3) is 0 Å². The highest BCUT2D eigenvalue weighted by Gasteiger charge is 1.89. The number of hydrogen-bond acceptors (Lipinski definition) is 3. The summed E-state index contributed by atoms with van der Waals surface area (Å²) in [5.74, 6) is 6.30. The number of benzene rings is 1. The van der Waals surface area contributed by atoms with E-state index in [9.17, 15) is 0 Å². The molecule has 0 amide bonds. The number of nitrogen functional groups attached to an aromatic ring is 1. The van der Waals surface area contributed by atoms with Gasteiger partial charge in [-0.3, -0.25) is 0 Å². The van der Waals surface area contributed by atoms with Crippen molar-refractivity contribution < 1.29 is 0 Å². The SMILES string of the molecule is Nc1ccc(C#Cc2ccccc2)nn1. The summed E-state index contributed by atoms with van der Waals surface area (Å²) in [5, 5.41) is 7.56. The molecule has 2 N–H and O–H groups in total. The van der Waals surface area contributed by atoms with Crippen molar-refractivity contribution in [2.45, 2.75) is 0 Å². The number of aromatic nitrogens is 2. The molecule has 0 saturated carbocycles. The van der Waals surface area contributed by atoms with Crippen LogP contribution in [0.1, 0.15) is 11.3 Å². The van der Waals surface area contributed by atoms with Gasteiger partial charge in [-0.25, -0.2) is 0 Å². The van der Waals surface area contributed by atoms with Crippen LogP contribution in [-0.2, 0) is 0 Å². The Morgan fingerprint density at radius 3 is 2.33 bits per heavy atom. The van der Waals surface area contributed by atoms with Crippen molar-refractivity contribution in [1.29, 1.82) is 0 Å². The first kappa shape index (κ1) is 9.22. The van der Waals surface area contributed by atoms with Crippen LogP contribution in [0.2, 0.25) is 0 Å². The molecule has 15 heavy (non-hydrogen) atoms. The molecule has 1 aromatic carbocycles. The molecule has 1 heterocycles. The molecule has 2 aromatic rings. The molecule has 1 aromatic heterocycles. The van der Waals surface area contributed by atoms with Gasteiger partial charge >= 0.3 is 0 Å². The van der Waals surface area contributed by atoms with E-state index >= 15 is 0 Å². The predicted octanol–water partition coefficient (Wildman–Crippen LogP) is 1.46. The predicted molar refractivity (Wildman–Crippen MR) is 58.9 cm³/mol. The minimum Gasteiger partial charge on any atom is -0.382 e. The second-order valence-corrected chi connectivity index (χ2v) is 2.96. The van der Waals surface area contributed by atoms with Crippen molar-refractivity contribution in [3.63, 3.8) is 0 Å². The van der Waals surface area contributed by atoms with Crippen molar-refractivity contribution in [3.05, 3.63) is 53.7 Å². The quantitative estimate of drug-likeness (QED) is 0.647. The van der Waals surface area contributed by atoms with Gasteiger partial charge in [0.05, 0.1) is 0 Å². The molecular formula is C12H9N3. The third kappa shape index (κ3) is 2.55. The Morgan fingerprint density at radius 1 is 0.867 bits per heavy atom. The van der Waals surface area contributed by atoms with E-state index in [2.05, 4.69) is 22.0 Å². The fourth-order valence-corrected chi connectivity index (χ4v) is 1.07. The summed E-state index contributed by atoms with van der Waals surface area (Å²) in [6, 6.07) is 13.2. The first-order valence-corrected chi connectivity index (χ1v) is 4.51. The molecule has 0 unspecified atom stereocenters. The van der Waals surface area contributed by atoms with Crippen molar-refractivity contribution in [2.75, 3.05) is 5.73 Å². The average molecular weight is 195 g/mol. The first-order valence-electron chi connectivity index (χ1n) is 4.51. The summed E-state index contributed by atoms with van der Waals surface area (Å²) in [5.41, 5.74) is 6.99. The highest BCUT2D eigenvalue weighted by Crippen LogP contribution is 1.98. The first-order chi connectivity index (χ1) is 7.34. The lowest BCUT2D eigenvalue weighted by Crippen LogP contribution is -1.93. The van der Waals surface area contributed by atoms with Crippen LogP contribution in [0, 0.1) is 11.8 Å². The number of nitrogens with two attached hydrogens (primary N) is 1. The van der Waals surface area contributed by atoms with E-state index in [1.807, 2.05) is 30.3 Å². The summed E-state index contributed by atoms with van der Waals surface area (Å²) in [4.78, 5) is 0. The summed E-state index contributed by atoms with van der Waals surface area (Å²) in [6.45, 7) is 0. The van der Waals surface area contributed by atoms with Gasteiger partial charge in [-0.15, -0.1) is 10.2 Å². The Morgan fingerprint density at radius 2 is 1.67 bits per heavy atom. The van der Waals surface area contributed by atoms with E-state index in [4.69, 9.17) is 5.73 Å². The molecule has 0 radical (unpaired) electrons. The molecule has 3 heteroatoms. The van der Waals surface area contributed by atoms with E-state index in [0.717, 1.165) is 5.56 Å².